The predicted molar refractivity (Wildman–Crippen MR) is 122 cm³/mol. The van der Waals surface area contributed by atoms with E-state index in [1.807, 2.05) is 43.9 Å². The highest BCUT2D eigenvalue weighted by atomic mass is 35.5. The van der Waals surface area contributed by atoms with Crippen LogP contribution in [0.3, 0.4) is 0 Å². The van der Waals surface area contributed by atoms with E-state index in [1.54, 1.807) is 0 Å². The van der Waals surface area contributed by atoms with Gasteiger partial charge in [0.25, 0.3) is 0 Å². The molecule has 1 saturated carbocycles. The molecule has 2 heterocycles. The van der Waals surface area contributed by atoms with Gasteiger partial charge in [-0.1, -0.05) is 29.8 Å². The number of allylic oxidation sites excluding steroid dienone is 2. The summed E-state index contributed by atoms with van der Waals surface area (Å²) in [5.74, 6) is 1.04. The largest absolute Gasteiger partial charge is 0.444 e. The Bertz CT molecular complexity index is 851. The molecule has 5 heteroatoms. The van der Waals surface area contributed by atoms with Gasteiger partial charge in [0.2, 0.25) is 0 Å². The van der Waals surface area contributed by atoms with Gasteiger partial charge in [-0.25, -0.2) is 4.79 Å². The molecule has 30 heavy (non-hydrogen) atoms. The lowest BCUT2D eigenvalue weighted by Gasteiger charge is -2.24. The van der Waals surface area contributed by atoms with Gasteiger partial charge in [-0.05, 0) is 77.0 Å². The van der Waals surface area contributed by atoms with E-state index < -0.39 is 5.60 Å². The molecule has 1 aliphatic carbocycles. The summed E-state index contributed by atoms with van der Waals surface area (Å²) in [6.45, 7) is 7.04. The average Bonchev–Trinajstić information content (AvgIpc) is 3.38. The molecule has 3 aliphatic rings. The number of halogens is 1. The zero-order chi connectivity index (χ0) is 21.3. The fourth-order valence-corrected chi connectivity index (χ4v) is 4.76. The molecular formula is C25H33ClN2O2. The van der Waals surface area contributed by atoms with Crippen LogP contribution in [0.2, 0.25) is 5.02 Å². The van der Waals surface area contributed by atoms with Gasteiger partial charge in [-0.15, -0.1) is 0 Å². The number of amides is 1. The second-order valence-corrected chi connectivity index (χ2v) is 10.3. The SMILES string of the molecule is CC(C)(C)OC(=O)N1CC(C2=N/C(C3CC3)=C\CCCC2)C(c2cccc(Cl)c2)C1. The third kappa shape index (κ3) is 5.26. The van der Waals surface area contributed by atoms with Gasteiger partial charge in [-0.3, -0.25) is 4.99 Å². The van der Waals surface area contributed by atoms with E-state index in [-0.39, 0.29) is 17.9 Å². The Labute approximate surface area is 185 Å². The van der Waals surface area contributed by atoms with Crippen molar-refractivity contribution in [2.45, 2.75) is 70.8 Å². The van der Waals surface area contributed by atoms with E-state index in [0.29, 0.717) is 19.0 Å². The van der Waals surface area contributed by atoms with Crippen LogP contribution in [0.25, 0.3) is 0 Å². The number of carbonyl (C=O) groups is 1. The molecule has 2 unspecified atom stereocenters. The van der Waals surface area contributed by atoms with Crippen LogP contribution in [0, 0.1) is 11.8 Å². The fourth-order valence-electron chi connectivity index (χ4n) is 4.57. The minimum absolute atomic E-state index is 0.190. The van der Waals surface area contributed by atoms with E-state index in [2.05, 4.69) is 12.1 Å². The van der Waals surface area contributed by atoms with Crippen molar-refractivity contribution in [1.29, 1.82) is 0 Å². The van der Waals surface area contributed by atoms with Crippen molar-refractivity contribution in [3.8, 4) is 0 Å². The van der Waals surface area contributed by atoms with E-state index >= 15 is 0 Å². The standard InChI is InChI=1S/C25H33ClN2O2/c1-25(2,3)30-24(29)28-15-20(18-8-7-9-19(26)14-18)21(16-28)23-11-6-4-5-10-22(27-23)17-12-13-17/h7-10,14,17,20-21H,4-6,11-13,15-16H2,1-3H3/b22-10-,27-23?. The first-order valence-corrected chi connectivity index (χ1v) is 11.7. The lowest BCUT2D eigenvalue weighted by atomic mass is 9.83. The van der Waals surface area contributed by atoms with Crippen molar-refractivity contribution in [3.63, 3.8) is 0 Å². The molecule has 0 radical (unpaired) electrons. The van der Waals surface area contributed by atoms with Crippen molar-refractivity contribution in [2.75, 3.05) is 13.1 Å². The predicted octanol–water partition coefficient (Wildman–Crippen LogP) is 6.60. The van der Waals surface area contributed by atoms with Crippen LogP contribution >= 0.6 is 11.6 Å². The molecule has 0 N–H and O–H groups in total. The van der Waals surface area contributed by atoms with Crippen LogP contribution in [0.4, 0.5) is 4.79 Å². The summed E-state index contributed by atoms with van der Waals surface area (Å²) in [7, 11) is 0. The molecule has 4 nitrogen and oxygen atoms in total. The fraction of sp³-hybridized carbons (Fsp3) is 0.600. The molecule has 2 fully saturated rings. The highest BCUT2D eigenvalue weighted by Gasteiger charge is 2.41. The maximum absolute atomic E-state index is 12.9. The smallest absolute Gasteiger partial charge is 0.410 e. The summed E-state index contributed by atoms with van der Waals surface area (Å²) < 4.78 is 5.69. The maximum Gasteiger partial charge on any atom is 0.410 e. The Kier molecular flexibility index (Phi) is 6.24. The molecule has 162 valence electrons. The summed E-state index contributed by atoms with van der Waals surface area (Å²) in [5, 5.41) is 0.736. The van der Waals surface area contributed by atoms with Crippen LogP contribution in [-0.4, -0.2) is 35.4 Å². The number of ether oxygens (including phenoxy) is 1. The molecule has 1 aromatic carbocycles. The van der Waals surface area contributed by atoms with E-state index in [9.17, 15) is 4.79 Å². The van der Waals surface area contributed by atoms with Crippen molar-refractivity contribution in [2.24, 2.45) is 16.8 Å². The van der Waals surface area contributed by atoms with Gasteiger partial charge >= 0.3 is 6.09 Å². The minimum atomic E-state index is -0.500. The van der Waals surface area contributed by atoms with Crippen LogP contribution in [0.5, 0.6) is 0 Å². The summed E-state index contributed by atoms with van der Waals surface area (Å²) in [5.41, 5.74) is 3.22. The number of likely N-dealkylation sites (tertiary alicyclic amines) is 1. The Balaban J connectivity index is 1.65. The van der Waals surface area contributed by atoms with Gasteiger partial charge < -0.3 is 9.64 Å². The highest BCUT2D eigenvalue weighted by Crippen LogP contribution is 2.41. The first-order chi connectivity index (χ1) is 14.3. The summed E-state index contributed by atoms with van der Waals surface area (Å²) in [6, 6.07) is 8.07. The monoisotopic (exact) mass is 428 g/mol. The van der Waals surface area contributed by atoms with Gasteiger partial charge in [0.05, 0.1) is 0 Å². The molecule has 2 atom stereocenters. The topological polar surface area (TPSA) is 41.9 Å². The Morgan fingerprint density at radius 1 is 1.17 bits per heavy atom. The number of aliphatic imine (C=N–C) groups is 1. The highest BCUT2D eigenvalue weighted by molar-refractivity contribution is 6.30. The van der Waals surface area contributed by atoms with Crippen molar-refractivity contribution < 1.29 is 9.53 Å². The molecule has 0 bridgehead atoms. The second-order valence-electron chi connectivity index (χ2n) is 9.91. The number of nitrogens with zero attached hydrogens (tertiary/aromatic N) is 2. The van der Waals surface area contributed by atoms with E-state index in [1.165, 1.54) is 36.2 Å². The number of hydrogen-bond acceptors (Lipinski definition) is 3. The van der Waals surface area contributed by atoms with Gasteiger partial charge in [0.15, 0.2) is 0 Å². The third-order valence-corrected chi connectivity index (χ3v) is 6.42. The van der Waals surface area contributed by atoms with E-state index in [4.69, 9.17) is 21.3 Å². The Morgan fingerprint density at radius 2 is 1.93 bits per heavy atom. The molecule has 1 aromatic rings. The molecule has 2 aliphatic heterocycles. The quantitative estimate of drug-likeness (QED) is 0.544. The molecular weight excluding hydrogens is 396 g/mol. The first-order valence-electron chi connectivity index (χ1n) is 11.3. The summed E-state index contributed by atoms with van der Waals surface area (Å²) in [4.78, 5) is 19.9. The van der Waals surface area contributed by atoms with Crippen LogP contribution in [0.1, 0.15) is 70.8 Å². The number of rotatable bonds is 3. The number of carbonyl (C=O) groups excluding carboxylic acids is 1. The van der Waals surface area contributed by atoms with Gasteiger partial charge in [0.1, 0.15) is 5.60 Å². The lowest BCUT2D eigenvalue weighted by molar-refractivity contribution is 0.0290. The van der Waals surface area contributed by atoms with E-state index in [0.717, 1.165) is 24.3 Å². The second kappa shape index (κ2) is 8.74. The maximum atomic E-state index is 12.9. The zero-order valence-corrected chi connectivity index (χ0v) is 19.1. The van der Waals surface area contributed by atoms with Crippen LogP contribution in [0.15, 0.2) is 41.0 Å². The van der Waals surface area contributed by atoms with Gasteiger partial charge in [0, 0.05) is 47.3 Å². The van der Waals surface area contributed by atoms with Crippen molar-refractivity contribution in [3.05, 3.63) is 46.6 Å². The van der Waals surface area contributed by atoms with Crippen LogP contribution < -0.4 is 0 Å². The summed E-state index contributed by atoms with van der Waals surface area (Å²) in [6.07, 6.45) is 9.14. The summed E-state index contributed by atoms with van der Waals surface area (Å²) >= 11 is 6.32. The van der Waals surface area contributed by atoms with Crippen LogP contribution in [-0.2, 0) is 4.74 Å². The first kappa shape index (κ1) is 21.4. The molecule has 0 aromatic heterocycles. The van der Waals surface area contributed by atoms with Crippen molar-refractivity contribution in [1.82, 2.24) is 4.90 Å². The number of hydrogen-bond donors (Lipinski definition) is 0. The molecule has 1 saturated heterocycles. The minimum Gasteiger partial charge on any atom is -0.444 e. The Hall–Kier alpha value is -1.81. The molecule has 1 amide bonds. The molecule has 0 spiro atoms. The van der Waals surface area contributed by atoms with Crippen molar-refractivity contribution >= 4 is 23.4 Å². The normalized spacial score (nSPS) is 27.0. The van der Waals surface area contributed by atoms with Gasteiger partial charge in [-0.2, -0.15) is 0 Å². The third-order valence-electron chi connectivity index (χ3n) is 6.19. The molecule has 4 rings (SSSR count). The lowest BCUT2D eigenvalue weighted by Crippen LogP contribution is -2.36. The average molecular weight is 429 g/mol. The Morgan fingerprint density at radius 3 is 2.63 bits per heavy atom. The zero-order valence-electron chi connectivity index (χ0n) is 18.4. The number of benzene rings is 1.